The van der Waals surface area contributed by atoms with Crippen LogP contribution in [0.2, 0.25) is 0 Å². The first-order chi connectivity index (χ1) is 9.97. The molecule has 0 aliphatic carbocycles. The molecule has 1 saturated heterocycles. The lowest BCUT2D eigenvalue weighted by atomic mass is 10.2. The zero-order valence-electron chi connectivity index (χ0n) is 12.8. The van der Waals surface area contributed by atoms with E-state index in [4.69, 9.17) is 10.5 Å². The fourth-order valence-electron chi connectivity index (χ4n) is 2.16. The number of rotatable bonds is 4. The number of hydrogen-bond donors (Lipinski definition) is 2. The molecule has 1 fully saturated rings. The Morgan fingerprint density at radius 1 is 1.33 bits per heavy atom. The summed E-state index contributed by atoms with van der Waals surface area (Å²) in [7, 11) is 0. The van der Waals surface area contributed by atoms with Crippen molar-refractivity contribution in [3.63, 3.8) is 0 Å². The molecular weight excluding hydrogens is 270 g/mol. The summed E-state index contributed by atoms with van der Waals surface area (Å²) in [5.74, 6) is 1.88. The first-order valence-electron chi connectivity index (χ1n) is 7.25. The summed E-state index contributed by atoms with van der Waals surface area (Å²) >= 11 is 0. The third-order valence-corrected chi connectivity index (χ3v) is 3.34. The van der Waals surface area contributed by atoms with Gasteiger partial charge in [0.1, 0.15) is 23.5 Å². The van der Waals surface area contributed by atoms with Gasteiger partial charge in [-0.3, -0.25) is 4.79 Å². The third kappa shape index (κ3) is 4.04. The zero-order chi connectivity index (χ0) is 15.4. The van der Waals surface area contributed by atoms with Crippen molar-refractivity contribution in [1.82, 2.24) is 14.9 Å². The van der Waals surface area contributed by atoms with Crippen LogP contribution in [-0.2, 0) is 9.53 Å². The van der Waals surface area contributed by atoms with Gasteiger partial charge < -0.3 is 20.7 Å². The van der Waals surface area contributed by atoms with E-state index >= 15 is 0 Å². The molecule has 0 bridgehead atoms. The lowest BCUT2D eigenvalue weighted by Gasteiger charge is -2.29. The molecule has 1 aromatic heterocycles. The van der Waals surface area contributed by atoms with Gasteiger partial charge in [0.2, 0.25) is 5.91 Å². The molecule has 1 aromatic rings. The quantitative estimate of drug-likeness (QED) is 0.854. The van der Waals surface area contributed by atoms with Crippen LogP contribution >= 0.6 is 0 Å². The van der Waals surface area contributed by atoms with Crippen molar-refractivity contribution in [3.8, 4) is 0 Å². The second-order valence-electron chi connectivity index (χ2n) is 5.49. The fraction of sp³-hybridized carbons (Fsp3) is 0.643. The molecule has 1 aliphatic rings. The molecule has 2 rings (SSSR count). The van der Waals surface area contributed by atoms with Crippen molar-refractivity contribution in [2.45, 2.75) is 32.7 Å². The number of anilines is 2. The van der Waals surface area contributed by atoms with Crippen molar-refractivity contribution < 1.29 is 9.53 Å². The second-order valence-corrected chi connectivity index (χ2v) is 5.49. The number of carbonyl (C=O) groups excluding carboxylic acids is 1. The van der Waals surface area contributed by atoms with Crippen molar-refractivity contribution in [1.29, 1.82) is 0 Å². The summed E-state index contributed by atoms with van der Waals surface area (Å²) in [5.41, 5.74) is 5.79. The van der Waals surface area contributed by atoms with E-state index in [1.54, 1.807) is 11.0 Å². The van der Waals surface area contributed by atoms with Gasteiger partial charge in [0.15, 0.2) is 0 Å². The summed E-state index contributed by atoms with van der Waals surface area (Å²) < 4.78 is 5.25. The van der Waals surface area contributed by atoms with Gasteiger partial charge in [0, 0.05) is 25.1 Å². The minimum Gasteiger partial charge on any atom is -0.384 e. The largest absolute Gasteiger partial charge is 0.384 e. The van der Waals surface area contributed by atoms with Crippen LogP contribution < -0.4 is 11.1 Å². The SMILES string of the molecule is CC(Nc1cc(N)nc(C(C)C)n1)C(=O)N1CCOCC1. The predicted octanol–water partition coefficient (Wildman–Crippen LogP) is 0.841. The number of aromatic nitrogens is 2. The van der Waals surface area contributed by atoms with Gasteiger partial charge in [-0.1, -0.05) is 13.8 Å². The van der Waals surface area contributed by atoms with Gasteiger partial charge in [0.25, 0.3) is 0 Å². The van der Waals surface area contributed by atoms with E-state index in [-0.39, 0.29) is 17.9 Å². The number of amides is 1. The maximum Gasteiger partial charge on any atom is 0.244 e. The molecule has 1 atom stereocenters. The van der Waals surface area contributed by atoms with Gasteiger partial charge in [-0.2, -0.15) is 0 Å². The topological polar surface area (TPSA) is 93.4 Å². The Hall–Kier alpha value is -1.89. The maximum atomic E-state index is 12.3. The molecule has 0 spiro atoms. The average Bonchev–Trinajstić information content (AvgIpc) is 2.46. The van der Waals surface area contributed by atoms with Crippen LogP contribution in [0, 0.1) is 0 Å². The van der Waals surface area contributed by atoms with Gasteiger partial charge in [0.05, 0.1) is 13.2 Å². The molecule has 0 saturated carbocycles. The number of ether oxygens (including phenoxy) is 1. The lowest BCUT2D eigenvalue weighted by Crippen LogP contribution is -2.47. The van der Waals surface area contributed by atoms with E-state index in [0.29, 0.717) is 43.8 Å². The standard InChI is InChI=1S/C14H23N5O2/c1-9(2)13-17-11(15)8-12(18-13)16-10(3)14(20)19-4-6-21-7-5-19/h8-10H,4-7H2,1-3H3,(H3,15,16,17,18). The molecule has 3 N–H and O–H groups in total. The van der Waals surface area contributed by atoms with E-state index in [1.807, 2.05) is 20.8 Å². The molecule has 7 nitrogen and oxygen atoms in total. The Labute approximate surface area is 124 Å². The second kappa shape index (κ2) is 6.71. The maximum absolute atomic E-state index is 12.3. The first-order valence-corrected chi connectivity index (χ1v) is 7.25. The summed E-state index contributed by atoms with van der Waals surface area (Å²) in [4.78, 5) is 22.7. The van der Waals surface area contributed by atoms with Crippen LogP contribution in [0.3, 0.4) is 0 Å². The Kier molecular flexibility index (Phi) is 4.95. The van der Waals surface area contributed by atoms with Crippen LogP contribution in [0.1, 0.15) is 32.5 Å². The average molecular weight is 293 g/mol. The molecule has 2 heterocycles. The van der Waals surface area contributed by atoms with Gasteiger partial charge >= 0.3 is 0 Å². The van der Waals surface area contributed by atoms with E-state index in [2.05, 4.69) is 15.3 Å². The normalized spacial score (nSPS) is 16.9. The number of nitrogen functional groups attached to an aromatic ring is 1. The Balaban J connectivity index is 2.04. The molecule has 7 heteroatoms. The summed E-state index contributed by atoms with van der Waals surface area (Å²) in [6, 6.07) is 1.28. The number of carbonyl (C=O) groups is 1. The Bertz CT molecular complexity index is 500. The molecule has 1 aliphatic heterocycles. The summed E-state index contributed by atoms with van der Waals surface area (Å²) in [5, 5.41) is 3.11. The van der Waals surface area contributed by atoms with Crippen molar-refractivity contribution in [2.24, 2.45) is 0 Å². The fourth-order valence-corrected chi connectivity index (χ4v) is 2.16. The molecule has 1 unspecified atom stereocenters. The predicted molar refractivity (Wildman–Crippen MR) is 81.0 cm³/mol. The van der Waals surface area contributed by atoms with E-state index < -0.39 is 0 Å². The van der Waals surface area contributed by atoms with Crippen LogP contribution in [0.15, 0.2) is 6.07 Å². The van der Waals surface area contributed by atoms with Gasteiger partial charge in [-0.15, -0.1) is 0 Å². The monoisotopic (exact) mass is 293 g/mol. The molecule has 116 valence electrons. The van der Waals surface area contributed by atoms with E-state index in [1.165, 1.54) is 0 Å². The summed E-state index contributed by atoms with van der Waals surface area (Å²) in [6.45, 7) is 8.28. The Morgan fingerprint density at radius 3 is 2.62 bits per heavy atom. The van der Waals surface area contributed by atoms with Crippen molar-refractivity contribution in [3.05, 3.63) is 11.9 Å². The molecule has 21 heavy (non-hydrogen) atoms. The highest BCUT2D eigenvalue weighted by Crippen LogP contribution is 2.16. The molecule has 1 amide bonds. The number of morpholine rings is 1. The van der Waals surface area contributed by atoms with Gasteiger partial charge in [-0.05, 0) is 6.92 Å². The van der Waals surface area contributed by atoms with Gasteiger partial charge in [-0.25, -0.2) is 9.97 Å². The van der Waals surface area contributed by atoms with Crippen molar-refractivity contribution >= 4 is 17.5 Å². The smallest absolute Gasteiger partial charge is 0.244 e. The molecule has 0 radical (unpaired) electrons. The summed E-state index contributed by atoms with van der Waals surface area (Å²) in [6.07, 6.45) is 0. The third-order valence-electron chi connectivity index (χ3n) is 3.34. The van der Waals surface area contributed by atoms with E-state index in [0.717, 1.165) is 0 Å². The number of nitrogens with two attached hydrogens (primary N) is 1. The zero-order valence-corrected chi connectivity index (χ0v) is 12.8. The van der Waals surface area contributed by atoms with Crippen LogP contribution in [0.4, 0.5) is 11.6 Å². The Morgan fingerprint density at radius 2 is 2.00 bits per heavy atom. The van der Waals surface area contributed by atoms with Crippen LogP contribution in [-0.4, -0.2) is 53.1 Å². The number of nitrogens with zero attached hydrogens (tertiary/aromatic N) is 3. The minimum atomic E-state index is -0.364. The number of nitrogens with one attached hydrogen (secondary N) is 1. The molecular formula is C14H23N5O2. The minimum absolute atomic E-state index is 0.0431. The highest BCUT2D eigenvalue weighted by Gasteiger charge is 2.22. The van der Waals surface area contributed by atoms with Crippen molar-refractivity contribution in [2.75, 3.05) is 37.4 Å². The van der Waals surface area contributed by atoms with Crippen LogP contribution in [0.25, 0.3) is 0 Å². The lowest BCUT2D eigenvalue weighted by molar-refractivity contribution is -0.135. The van der Waals surface area contributed by atoms with E-state index in [9.17, 15) is 4.79 Å². The highest BCUT2D eigenvalue weighted by molar-refractivity contribution is 5.84. The highest BCUT2D eigenvalue weighted by atomic mass is 16.5. The van der Waals surface area contributed by atoms with Crippen LogP contribution in [0.5, 0.6) is 0 Å². The first kappa shape index (κ1) is 15.5. The number of hydrogen-bond acceptors (Lipinski definition) is 6. The molecule has 0 aromatic carbocycles.